The van der Waals surface area contributed by atoms with Crippen LogP contribution in [0, 0.1) is 0 Å². The zero-order valence-corrected chi connectivity index (χ0v) is 7.21. The first-order valence-corrected chi connectivity index (χ1v) is 5.22. The molecule has 0 aliphatic carbocycles. The van der Waals surface area contributed by atoms with Gasteiger partial charge in [0.15, 0.2) is 0 Å². The smallest absolute Gasteiger partial charge is 0.247 e. The zero-order chi connectivity index (χ0) is 7.40. The number of carbonyl (C=O) groups is 1. The Morgan fingerprint density at radius 2 is 2.10 bits per heavy atom. The van der Waals surface area contributed by atoms with E-state index in [9.17, 15) is 4.79 Å². The lowest BCUT2D eigenvalue weighted by Gasteiger charge is -2.24. The van der Waals surface area contributed by atoms with Crippen LogP contribution in [0.15, 0.2) is 12.7 Å². The van der Waals surface area contributed by atoms with Crippen molar-refractivity contribution in [2.45, 2.75) is 0 Å². The van der Waals surface area contributed by atoms with Gasteiger partial charge in [-0.3, -0.25) is 4.79 Å². The van der Waals surface area contributed by atoms with Gasteiger partial charge in [-0.15, -0.1) is 23.5 Å². The Morgan fingerprint density at radius 3 is 2.60 bits per heavy atom. The van der Waals surface area contributed by atoms with Crippen LogP contribution >= 0.6 is 23.5 Å². The molecule has 0 radical (unpaired) electrons. The van der Waals surface area contributed by atoms with Crippen molar-refractivity contribution >= 4 is 29.4 Å². The lowest BCUT2D eigenvalue weighted by molar-refractivity contribution is -0.124. The first-order valence-electron chi connectivity index (χ1n) is 2.91. The fourth-order valence-corrected chi connectivity index (χ4v) is 2.71. The topological polar surface area (TPSA) is 20.3 Å². The highest BCUT2D eigenvalue weighted by Crippen LogP contribution is 2.21. The normalized spacial score (nSPS) is 18.6. The van der Waals surface area contributed by atoms with Crippen molar-refractivity contribution in [1.82, 2.24) is 4.90 Å². The monoisotopic (exact) mass is 175 g/mol. The molecule has 1 fully saturated rings. The van der Waals surface area contributed by atoms with Gasteiger partial charge in [0.25, 0.3) is 0 Å². The Balaban J connectivity index is 2.38. The molecule has 0 aromatic heterocycles. The van der Waals surface area contributed by atoms with Crippen molar-refractivity contribution in [2.24, 2.45) is 0 Å². The van der Waals surface area contributed by atoms with Crippen molar-refractivity contribution < 1.29 is 4.79 Å². The molecule has 56 valence electrons. The molecule has 0 aromatic carbocycles. The van der Waals surface area contributed by atoms with Crippen LogP contribution in [0.2, 0.25) is 0 Å². The van der Waals surface area contributed by atoms with Crippen LogP contribution in [0.25, 0.3) is 0 Å². The van der Waals surface area contributed by atoms with E-state index in [-0.39, 0.29) is 5.91 Å². The molecule has 0 bridgehead atoms. The molecule has 0 atom stereocenters. The predicted octanol–water partition coefficient (Wildman–Crippen LogP) is 1.35. The van der Waals surface area contributed by atoms with Crippen LogP contribution in [0.1, 0.15) is 0 Å². The van der Waals surface area contributed by atoms with Gasteiger partial charge >= 0.3 is 0 Å². The van der Waals surface area contributed by atoms with E-state index in [1.807, 2.05) is 0 Å². The average molecular weight is 175 g/mol. The van der Waals surface area contributed by atoms with E-state index >= 15 is 0 Å². The Morgan fingerprint density at radius 1 is 1.50 bits per heavy atom. The highest BCUT2D eigenvalue weighted by molar-refractivity contribution is 8.16. The van der Waals surface area contributed by atoms with Crippen molar-refractivity contribution in [2.75, 3.05) is 16.8 Å². The van der Waals surface area contributed by atoms with E-state index in [1.54, 1.807) is 28.4 Å². The highest BCUT2D eigenvalue weighted by Gasteiger charge is 2.13. The summed E-state index contributed by atoms with van der Waals surface area (Å²) in [5.41, 5.74) is 0. The van der Waals surface area contributed by atoms with Crippen LogP contribution < -0.4 is 0 Å². The molecule has 0 saturated carbocycles. The summed E-state index contributed by atoms with van der Waals surface area (Å²) < 4.78 is 0. The molecule has 1 aliphatic heterocycles. The molecule has 1 amide bonds. The van der Waals surface area contributed by atoms with Crippen LogP contribution in [-0.4, -0.2) is 27.6 Å². The van der Waals surface area contributed by atoms with Gasteiger partial charge < -0.3 is 4.90 Å². The third-order valence-electron chi connectivity index (χ3n) is 1.15. The Bertz CT molecular complexity index is 143. The Hall–Kier alpha value is -0.0900. The van der Waals surface area contributed by atoms with Gasteiger partial charge in [-0.05, 0) is 6.08 Å². The molecule has 1 saturated heterocycles. The number of hydrogen-bond donors (Lipinski definition) is 0. The van der Waals surface area contributed by atoms with Crippen molar-refractivity contribution in [3.8, 4) is 0 Å². The molecule has 1 aliphatic rings. The van der Waals surface area contributed by atoms with Gasteiger partial charge in [0.1, 0.15) is 0 Å². The summed E-state index contributed by atoms with van der Waals surface area (Å²) in [6, 6.07) is 0. The molecule has 0 spiro atoms. The van der Waals surface area contributed by atoms with Gasteiger partial charge in [-0.1, -0.05) is 6.58 Å². The van der Waals surface area contributed by atoms with Crippen molar-refractivity contribution in [3.63, 3.8) is 0 Å². The Labute approximate surface area is 69.0 Å². The summed E-state index contributed by atoms with van der Waals surface area (Å²) >= 11 is 3.53. The molecular weight excluding hydrogens is 166 g/mol. The fraction of sp³-hybridized carbons (Fsp3) is 0.500. The lowest BCUT2D eigenvalue weighted by atomic mass is 10.5. The fourth-order valence-electron chi connectivity index (χ4n) is 0.647. The van der Waals surface area contributed by atoms with Crippen molar-refractivity contribution in [1.29, 1.82) is 0 Å². The van der Waals surface area contributed by atoms with Crippen molar-refractivity contribution in [3.05, 3.63) is 12.7 Å². The standard InChI is InChI=1S/C6H9NOS2/c1-2-6(8)7-3-9-5-10-4-7/h2H,1,3-5H2. The summed E-state index contributed by atoms with van der Waals surface area (Å²) in [4.78, 5) is 12.7. The molecule has 2 nitrogen and oxygen atoms in total. The molecule has 1 rings (SSSR count). The van der Waals surface area contributed by atoms with E-state index in [4.69, 9.17) is 0 Å². The second-order valence-corrected chi connectivity index (χ2v) is 4.14. The van der Waals surface area contributed by atoms with E-state index in [2.05, 4.69) is 6.58 Å². The van der Waals surface area contributed by atoms with Gasteiger partial charge in [0, 0.05) is 5.08 Å². The molecule has 0 N–H and O–H groups in total. The summed E-state index contributed by atoms with van der Waals surface area (Å²) in [7, 11) is 0. The molecule has 0 aromatic rings. The van der Waals surface area contributed by atoms with E-state index in [1.165, 1.54) is 6.08 Å². The molecule has 0 unspecified atom stereocenters. The summed E-state index contributed by atoms with van der Waals surface area (Å²) in [6.07, 6.45) is 1.37. The maximum absolute atomic E-state index is 10.9. The maximum atomic E-state index is 10.9. The number of hydrogen-bond acceptors (Lipinski definition) is 3. The zero-order valence-electron chi connectivity index (χ0n) is 5.58. The van der Waals surface area contributed by atoms with Crippen LogP contribution in [0.3, 0.4) is 0 Å². The molecule has 1 heterocycles. The number of carbonyl (C=O) groups excluding carboxylic acids is 1. The minimum Gasteiger partial charge on any atom is -0.321 e. The Kier molecular flexibility index (Phi) is 3.15. The summed E-state index contributed by atoms with van der Waals surface area (Å²) in [5.74, 6) is 1.68. The molecule has 10 heavy (non-hydrogen) atoms. The van der Waals surface area contributed by atoms with Gasteiger partial charge in [-0.2, -0.15) is 0 Å². The largest absolute Gasteiger partial charge is 0.321 e. The first-order chi connectivity index (χ1) is 4.84. The summed E-state index contributed by atoms with van der Waals surface area (Å²) in [6.45, 7) is 3.43. The first kappa shape index (κ1) is 8.01. The quantitative estimate of drug-likeness (QED) is 0.561. The average Bonchev–Trinajstić information content (AvgIpc) is 2.05. The second kappa shape index (κ2) is 3.93. The molecule has 4 heteroatoms. The molecular formula is C6H9NOS2. The third-order valence-corrected chi connectivity index (χ3v) is 3.47. The minimum absolute atomic E-state index is 0.0414. The van der Waals surface area contributed by atoms with Gasteiger partial charge in [0.2, 0.25) is 5.91 Å². The van der Waals surface area contributed by atoms with E-state index in [0.717, 1.165) is 16.8 Å². The van der Waals surface area contributed by atoms with Crippen LogP contribution in [0.5, 0.6) is 0 Å². The minimum atomic E-state index is 0.0414. The lowest BCUT2D eigenvalue weighted by Crippen LogP contribution is -2.30. The predicted molar refractivity (Wildman–Crippen MR) is 46.8 cm³/mol. The van der Waals surface area contributed by atoms with Crippen LogP contribution in [0.4, 0.5) is 0 Å². The SMILES string of the molecule is C=CC(=O)N1CSCSC1. The number of amides is 1. The number of nitrogens with zero attached hydrogens (tertiary/aromatic N) is 1. The van der Waals surface area contributed by atoms with Crippen LogP contribution in [-0.2, 0) is 4.79 Å². The number of rotatable bonds is 1. The second-order valence-electron chi connectivity index (χ2n) is 1.87. The number of thioether (sulfide) groups is 2. The highest BCUT2D eigenvalue weighted by atomic mass is 32.2. The van der Waals surface area contributed by atoms with Gasteiger partial charge in [-0.25, -0.2) is 0 Å². The van der Waals surface area contributed by atoms with E-state index in [0.29, 0.717) is 0 Å². The maximum Gasteiger partial charge on any atom is 0.247 e. The van der Waals surface area contributed by atoms with E-state index < -0.39 is 0 Å². The summed E-state index contributed by atoms with van der Waals surface area (Å²) in [5, 5.41) is 1.10. The van der Waals surface area contributed by atoms with Gasteiger partial charge in [0.05, 0.1) is 11.8 Å². The third kappa shape index (κ3) is 1.95.